The van der Waals surface area contributed by atoms with Crippen LogP contribution in [0.1, 0.15) is 16.0 Å². The third-order valence-corrected chi connectivity index (χ3v) is 6.62. The largest absolute Gasteiger partial charge is 0.140 e. The number of hydrogen-bond acceptors (Lipinski definition) is 1. The van der Waals surface area contributed by atoms with Crippen molar-refractivity contribution >= 4 is 11.3 Å². The first-order chi connectivity index (χ1) is 15.8. The van der Waals surface area contributed by atoms with Crippen LogP contribution in [0, 0.1) is 18.8 Å². The van der Waals surface area contributed by atoms with Crippen LogP contribution in [0.5, 0.6) is 0 Å². The van der Waals surface area contributed by atoms with Crippen LogP contribution in [-0.4, -0.2) is 0 Å². The van der Waals surface area contributed by atoms with Crippen LogP contribution in [0.25, 0.3) is 32.7 Å². The maximum Gasteiger partial charge on any atom is 0.0406 e. The Morgan fingerprint density at radius 3 is 1.81 bits per heavy atom. The lowest BCUT2D eigenvalue weighted by molar-refractivity contribution is 1.54. The van der Waals surface area contributed by atoms with Crippen molar-refractivity contribution in [2.24, 2.45) is 0 Å². The molecule has 0 aliphatic carbocycles. The summed E-state index contributed by atoms with van der Waals surface area (Å²) in [6.07, 6.45) is 0. The Bertz CT molecular complexity index is 1400. The fraction of sp³-hybridized carbons (Fsp3) is 0.0323. The smallest absolute Gasteiger partial charge is 0.0406 e. The van der Waals surface area contributed by atoms with Crippen LogP contribution in [0.4, 0.5) is 0 Å². The summed E-state index contributed by atoms with van der Waals surface area (Å²) in [7, 11) is 0. The minimum Gasteiger partial charge on any atom is -0.140 e. The monoisotopic (exact) mass is 426 g/mol. The molecule has 0 saturated heterocycles. The van der Waals surface area contributed by atoms with Crippen LogP contribution < -0.4 is 0 Å². The molecule has 4 aromatic carbocycles. The molecule has 0 spiro atoms. The lowest BCUT2D eigenvalue weighted by Gasteiger charge is -2.11. The van der Waals surface area contributed by atoms with Crippen molar-refractivity contribution in [3.63, 3.8) is 0 Å². The van der Waals surface area contributed by atoms with Gasteiger partial charge in [-0.1, -0.05) is 109 Å². The second-order valence-electron chi connectivity index (χ2n) is 7.66. The zero-order chi connectivity index (χ0) is 21.8. The number of aryl methyl sites for hydroxylation is 1. The number of hydrogen-bond donors (Lipinski definition) is 0. The van der Waals surface area contributed by atoms with Crippen molar-refractivity contribution in [2.45, 2.75) is 6.92 Å². The molecule has 152 valence electrons. The molecule has 0 aliphatic heterocycles. The van der Waals surface area contributed by atoms with Crippen LogP contribution in [0.15, 0.2) is 115 Å². The van der Waals surface area contributed by atoms with Crippen molar-refractivity contribution in [2.75, 3.05) is 0 Å². The van der Waals surface area contributed by atoms with E-state index >= 15 is 0 Å². The van der Waals surface area contributed by atoms with Gasteiger partial charge in [-0.3, -0.25) is 0 Å². The van der Waals surface area contributed by atoms with Crippen molar-refractivity contribution < 1.29 is 0 Å². The Morgan fingerprint density at radius 2 is 1.12 bits per heavy atom. The van der Waals surface area contributed by atoms with E-state index in [-0.39, 0.29) is 0 Å². The molecule has 0 nitrogen and oxygen atoms in total. The molecule has 0 fully saturated rings. The number of rotatable bonds is 3. The molecule has 1 heteroatoms. The van der Waals surface area contributed by atoms with Gasteiger partial charge >= 0.3 is 0 Å². The van der Waals surface area contributed by atoms with Crippen molar-refractivity contribution in [3.05, 3.63) is 131 Å². The predicted octanol–water partition coefficient (Wildman–Crippen LogP) is 8.46. The van der Waals surface area contributed by atoms with Gasteiger partial charge < -0.3 is 0 Å². The maximum atomic E-state index is 3.53. The minimum atomic E-state index is 1.02. The van der Waals surface area contributed by atoms with E-state index in [1.807, 2.05) is 29.5 Å². The van der Waals surface area contributed by atoms with Gasteiger partial charge in [0.1, 0.15) is 0 Å². The second-order valence-corrected chi connectivity index (χ2v) is 8.91. The summed E-state index contributed by atoms with van der Waals surface area (Å²) in [4.78, 5) is 2.59. The van der Waals surface area contributed by atoms with E-state index in [2.05, 4.69) is 116 Å². The predicted molar refractivity (Wildman–Crippen MR) is 138 cm³/mol. The normalized spacial score (nSPS) is 10.4. The maximum absolute atomic E-state index is 3.53. The molecule has 5 aromatic rings. The summed E-state index contributed by atoms with van der Waals surface area (Å²) < 4.78 is 0. The summed E-state index contributed by atoms with van der Waals surface area (Å²) in [6.45, 7) is 2.20. The Labute approximate surface area is 193 Å². The van der Waals surface area contributed by atoms with Crippen molar-refractivity contribution in [3.8, 4) is 44.5 Å². The van der Waals surface area contributed by atoms with Crippen LogP contribution in [0.2, 0.25) is 0 Å². The molecule has 0 N–H and O–H groups in total. The zero-order valence-electron chi connectivity index (χ0n) is 17.9. The number of benzene rings is 4. The van der Waals surface area contributed by atoms with Crippen molar-refractivity contribution in [1.82, 2.24) is 0 Å². The van der Waals surface area contributed by atoms with Gasteiger partial charge in [-0.25, -0.2) is 0 Å². The molecule has 0 unspecified atom stereocenters. The highest BCUT2D eigenvalue weighted by Gasteiger charge is 2.15. The van der Waals surface area contributed by atoms with Gasteiger partial charge in [-0.15, -0.1) is 11.3 Å². The lowest BCUT2D eigenvalue weighted by Crippen LogP contribution is -1.90. The highest BCUT2D eigenvalue weighted by atomic mass is 32.1. The summed E-state index contributed by atoms with van der Waals surface area (Å²) in [6, 6.07) is 40.2. The summed E-state index contributed by atoms with van der Waals surface area (Å²) in [5.41, 5.74) is 8.13. The first kappa shape index (κ1) is 20.1. The van der Waals surface area contributed by atoms with Gasteiger partial charge in [-0.2, -0.15) is 0 Å². The van der Waals surface area contributed by atoms with E-state index in [4.69, 9.17) is 0 Å². The molecule has 1 heterocycles. The third kappa shape index (κ3) is 4.14. The Hall–Kier alpha value is -3.86. The summed E-state index contributed by atoms with van der Waals surface area (Å²) >= 11 is 1.84. The molecule has 0 saturated carbocycles. The van der Waals surface area contributed by atoms with Crippen molar-refractivity contribution in [1.29, 1.82) is 0 Å². The Kier molecular flexibility index (Phi) is 5.71. The van der Waals surface area contributed by atoms with Gasteiger partial charge in [0.05, 0.1) is 0 Å². The van der Waals surface area contributed by atoms with Gasteiger partial charge in [0.15, 0.2) is 0 Å². The highest BCUT2D eigenvalue weighted by molar-refractivity contribution is 7.16. The Morgan fingerprint density at radius 1 is 0.531 bits per heavy atom. The van der Waals surface area contributed by atoms with E-state index in [1.54, 1.807) is 0 Å². The third-order valence-electron chi connectivity index (χ3n) is 5.52. The van der Waals surface area contributed by atoms with Gasteiger partial charge in [-0.05, 0) is 52.9 Å². The number of thiophene rings is 1. The highest BCUT2D eigenvalue weighted by Crippen LogP contribution is 2.40. The van der Waals surface area contributed by atoms with Gasteiger partial charge in [0.2, 0.25) is 0 Å². The van der Waals surface area contributed by atoms with E-state index in [0.29, 0.717) is 0 Å². The van der Waals surface area contributed by atoms with Crippen LogP contribution >= 0.6 is 11.3 Å². The molecule has 32 heavy (non-hydrogen) atoms. The summed E-state index contributed by atoms with van der Waals surface area (Å²) in [5.74, 6) is 6.92. The molecule has 5 rings (SSSR count). The molecule has 0 aliphatic rings. The molecule has 0 atom stereocenters. The quantitative estimate of drug-likeness (QED) is 0.254. The average Bonchev–Trinajstić information content (AvgIpc) is 3.25. The topological polar surface area (TPSA) is 0 Å². The summed E-state index contributed by atoms with van der Waals surface area (Å²) in [5, 5.41) is 0. The minimum absolute atomic E-state index is 1.02. The Balaban J connectivity index is 1.70. The first-order valence-corrected chi connectivity index (χ1v) is 11.5. The van der Waals surface area contributed by atoms with E-state index < -0.39 is 0 Å². The SMILES string of the molecule is Cc1sc(-c2ccccc2)cc1-c1cccc(-c2ccccc2)c1C#Cc1ccccc1. The van der Waals surface area contributed by atoms with E-state index in [0.717, 1.165) is 11.1 Å². The molecule has 0 amide bonds. The molecule has 0 radical (unpaired) electrons. The fourth-order valence-corrected chi connectivity index (χ4v) is 4.96. The van der Waals surface area contributed by atoms with Crippen LogP contribution in [0.3, 0.4) is 0 Å². The fourth-order valence-electron chi connectivity index (χ4n) is 3.92. The van der Waals surface area contributed by atoms with E-state index in [9.17, 15) is 0 Å². The van der Waals surface area contributed by atoms with Gasteiger partial charge in [0.25, 0.3) is 0 Å². The van der Waals surface area contributed by atoms with Crippen LogP contribution in [-0.2, 0) is 0 Å². The molecular weight excluding hydrogens is 404 g/mol. The van der Waals surface area contributed by atoms with Gasteiger partial charge in [0, 0.05) is 20.9 Å². The first-order valence-electron chi connectivity index (χ1n) is 10.7. The van der Waals surface area contributed by atoms with E-state index in [1.165, 1.54) is 37.6 Å². The lowest BCUT2D eigenvalue weighted by atomic mass is 9.92. The average molecular weight is 427 g/mol. The molecule has 0 bridgehead atoms. The second kappa shape index (κ2) is 9.10. The molecular formula is C31H22S. The standard InChI is InChI=1S/C31H22S/c1-23-30(22-31(32-23)26-16-9-4-10-17-26)28-19-11-18-27(25-14-7-3-8-15-25)29(28)21-20-24-12-5-2-6-13-24/h2-19,22H,1H3. The molecule has 1 aromatic heterocycles. The zero-order valence-corrected chi connectivity index (χ0v) is 18.7.